The number of halogens is 1. The first-order valence-corrected chi connectivity index (χ1v) is 9.51. The highest BCUT2D eigenvalue weighted by atomic mass is 19.1. The first-order valence-electron chi connectivity index (χ1n) is 9.51. The third-order valence-corrected chi connectivity index (χ3v) is 5.59. The van der Waals surface area contributed by atoms with E-state index in [0.717, 1.165) is 37.2 Å². The molecule has 1 fully saturated rings. The number of ether oxygens (including phenoxy) is 1. The van der Waals surface area contributed by atoms with Crippen LogP contribution in [-0.2, 0) is 11.2 Å². The number of aromatic nitrogens is 1. The topological polar surface area (TPSA) is 62.7 Å². The van der Waals surface area contributed by atoms with Crippen molar-refractivity contribution >= 4 is 11.7 Å². The summed E-state index contributed by atoms with van der Waals surface area (Å²) in [7, 11) is 1.43. The maximum absolute atomic E-state index is 14.3. The molecule has 0 aliphatic carbocycles. The molecule has 2 heterocycles. The number of benzene rings is 1. The Hall–Kier alpha value is -2.63. The number of aryl methyl sites for hydroxylation is 1. The molecular formula is C22H27FN2O3. The Balaban J connectivity index is 2.14. The molecular weight excluding hydrogens is 359 g/mol. The lowest BCUT2D eigenvalue weighted by Gasteiger charge is -2.40. The normalized spacial score (nSPS) is 16.1. The van der Waals surface area contributed by atoms with Crippen LogP contribution in [0.1, 0.15) is 37.9 Å². The van der Waals surface area contributed by atoms with Crippen LogP contribution in [0.15, 0.2) is 24.4 Å². The molecule has 0 radical (unpaired) electrons. The molecule has 0 amide bonds. The third-order valence-electron chi connectivity index (χ3n) is 5.59. The van der Waals surface area contributed by atoms with Crippen LogP contribution in [0.25, 0.3) is 11.1 Å². The van der Waals surface area contributed by atoms with Gasteiger partial charge in [0.1, 0.15) is 0 Å². The summed E-state index contributed by atoms with van der Waals surface area (Å²) in [4.78, 5) is 18.2. The van der Waals surface area contributed by atoms with E-state index in [4.69, 9.17) is 4.74 Å². The van der Waals surface area contributed by atoms with Crippen LogP contribution < -0.4 is 9.64 Å². The minimum atomic E-state index is -0.901. The van der Waals surface area contributed by atoms with Crippen LogP contribution in [0.4, 0.5) is 10.1 Å². The van der Waals surface area contributed by atoms with E-state index in [0.29, 0.717) is 16.8 Å². The summed E-state index contributed by atoms with van der Waals surface area (Å²) in [5, 5.41) is 9.45. The van der Waals surface area contributed by atoms with Crippen LogP contribution >= 0.6 is 0 Å². The number of aliphatic carboxylic acids is 1. The molecule has 0 unspecified atom stereocenters. The maximum atomic E-state index is 14.3. The zero-order chi connectivity index (χ0) is 20.5. The average molecular weight is 386 g/mol. The molecule has 5 nitrogen and oxygen atoms in total. The number of anilines is 1. The van der Waals surface area contributed by atoms with E-state index < -0.39 is 11.8 Å². The molecule has 150 valence electrons. The van der Waals surface area contributed by atoms with E-state index in [9.17, 15) is 14.3 Å². The van der Waals surface area contributed by atoms with E-state index in [1.807, 2.05) is 6.92 Å². The Morgan fingerprint density at radius 2 is 2.00 bits per heavy atom. The minimum absolute atomic E-state index is 0.111. The van der Waals surface area contributed by atoms with Crippen molar-refractivity contribution in [3.05, 3.63) is 41.5 Å². The van der Waals surface area contributed by atoms with Crippen molar-refractivity contribution < 1.29 is 19.0 Å². The number of nitrogens with zero attached hydrogens (tertiary/aromatic N) is 2. The number of carbonyl (C=O) groups is 1. The van der Waals surface area contributed by atoms with Crippen LogP contribution in [-0.4, -0.2) is 36.3 Å². The van der Waals surface area contributed by atoms with Crippen LogP contribution in [0.3, 0.4) is 0 Å². The van der Waals surface area contributed by atoms with Gasteiger partial charge in [-0.25, -0.2) is 4.39 Å². The molecule has 0 bridgehead atoms. The van der Waals surface area contributed by atoms with Gasteiger partial charge >= 0.3 is 5.97 Å². The minimum Gasteiger partial charge on any atom is -0.494 e. The van der Waals surface area contributed by atoms with Gasteiger partial charge in [0.25, 0.3) is 0 Å². The second-order valence-electron chi connectivity index (χ2n) is 8.16. The number of piperidine rings is 1. The largest absolute Gasteiger partial charge is 0.494 e. The fourth-order valence-electron chi connectivity index (χ4n) is 3.74. The zero-order valence-corrected chi connectivity index (χ0v) is 16.9. The van der Waals surface area contributed by atoms with Gasteiger partial charge in [-0.05, 0) is 42.9 Å². The molecule has 1 aliphatic heterocycles. The number of pyridine rings is 1. The Morgan fingerprint density at radius 1 is 1.32 bits per heavy atom. The highest BCUT2D eigenvalue weighted by Crippen LogP contribution is 2.40. The third kappa shape index (κ3) is 4.11. The molecule has 0 saturated carbocycles. The van der Waals surface area contributed by atoms with Crippen LogP contribution in [0.2, 0.25) is 0 Å². The van der Waals surface area contributed by atoms with Gasteiger partial charge in [-0.2, -0.15) is 0 Å². The first-order chi connectivity index (χ1) is 13.2. The summed E-state index contributed by atoms with van der Waals surface area (Å²) in [6.45, 7) is 7.98. The zero-order valence-electron chi connectivity index (χ0n) is 16.9. The smallest absolute Gasteiger partial charge is 0.307 e. The maximum Gasteiger partial charge on any atom is 0.307 e. The Morgan fingerprint density at radius 3 is 2.57 bits per heavy atom. The lowest BCUT2D eigenvalue weighted by atomic mass is 9.82. The summed E-state index contributed by atoms with van der Waals surface area (Å²) < 4.78 is 19.4. The van der Waals surface area contributed by atoms with Gasteiger partial charge in [-0.15, -0.1) is 0 Å². The van der Waals surface area contributed by atoms with Crippen molar-refractivity contribution in [2.24, 2.45) is 5.41 Å². The van der Waals surface area contributed by atoms with Crippen molar-refractivity contribution in [1.29, 1.82) is 0 Å². The molecule has 1 aromatic carbocycles. The van der Waals surface area contributed by atoms with Crippen LogP contribution in [0.5, 0.6) is 5.75 Å². The molecule has 2 aromatic rings. The fraction of sp³-hybridized carbons (Fsp3) is 0.455. The van der Waals surface area contributed by atoms with Gasteiger partial charge in [-0.1, -0.05) is 19.9 Å². The Labute approximate surface area is 165 Å². The van der Waals surface area contributed by atoms with Gasteiger partial charge < -0.3 is 14.7 Å². The highest BCUT2D eigenvalue weighted by Gasteiger charge is 2.29. The van der Waals surface area contributed by atoms with Crippen molar-refractivity contribution in [3.8, 4) is 16.9 Å². The van der Waals surface area contributed by atoms with E-state index in [1.54, 1.807) is 18.3 Å². The standard InChI is InChI=1S/C22H27FN2O3/c1-14-16(12-20(26)27)21(25-9-7-22(2,3)8-10-25)17(13-24-14)15-5-6-19(28-4)18(23)11-15/h5-6,11,13H,7-10,12H2,1-4H3,(H,26,27). The number of rotatable bonds is 5. The monoisotopic (exact) mass is 386 g/mol. The fourth-order valence-corrected chi connectivity index (χ4v) is 3.74. The quantitative estimate of drug-likeness (QED) is 0.822. The second-order valence-corrected chi connectivity index (χ2v) is 8.16. The summed E-state index contributed by atoms with van der Waals surface area (Å²) in [5.74, 6) is -1.18. The second kappa shape index (κ2) is 7.78. The van der Waals surface area contributed by atoms with Gasteiger partial charge in [0.15, 0.2) is 11.6 Å². The predicted molar refractivity (Wildman–Crippen MR) is 107 cm³/mol. The molecule has 1 saturated heterocycles. The van der Waals surface area contributed by atoms with Gasteiger partial charge in [-0.3, -0.25) is 9.78 Å². The Kier molecular flexibility index (Phi) is 5.59. The predicted octanol–water partition coefficient (Wildman–Crippen LogP) is 4.46. The molecule has 3 rings (SSSR count). The van der Waals surface area contributed by atoms with Crippen molar-refractivity contribution in [2.45, 2.75) is 40.0 Å². The van der Waals surface area contributed by atoms with Crippen molar-refractivity contribution in [1.82, 2.24) is 4.98 Å². The van der Waals surface area contributed by atoms with Crippen LogP contribution in [0, 0.1) is 18.2 Å². The lowest BCUT2D eigenvalue weighted by molar-refractivity contribution is -0.136. The molecule has 0 atom stereocenters. The number of hydrogen-bond donors (Lipinski definition) is 1. The summed E-state index contributed by atoms with van der Waals surface area (Å²) >= 11 is 0. The SMILES string of the molecule is COc1ccc(-c2cnc(C)c(CC(=O)O)c2N2CCC(C)(C)CC2)cc1F. The number of carboxylic acid groups (broad SMARTS) is 1. The average Bonchev–Trinajstić information content (AvgIpc) is 2.63. The number of hydrogen-bond acceptors (Lipinski definition) is 4. The van der Waals surface area contributed by atoms with E-state index in [-0.39, 0.29) is 17.6 Å². The van der Waals surface area contributed by atoms with Gasteiger partial charge in [0.05, 0.1) is 19.2 Å². The summed E-state index contributed by atoms with van der Waals surface area (Å²) in [6.07, 6.45) is 3.63. The highest BCUT2D eigenvalue weighted by molar-refractivity contribution is 5.84. The Bertz CT molecular complexity index is 886. The first kappa shape index (κ1) is 20.1. The summed E-state index contributed by atoms with van der Waals surface area (Å²) in [5.41, 5.74) is 3.93. The summed E-state index contributed by atoms with van der Waals surface area (Å²) in [6, 6.07) is 4.80. The van der Waals surface area contributed by atoms with E-state index in [2.05, 4.69) is 23.7 Å². The van der Waals surface area contributed by atoms with Crippen molar-refractivity contribution in [2.75, 3.05) is 25.1 Å². The molecule has 1 N–H and O–H groups in total. The lowest BCUT2D eigenvalue weighted by Crippen LogP contribution is -2.38. The van der Waals surface area contributed by atoms with Gasteiger partial charge in [0.2, 0.25) is 0 Å². The molecule has 6 heteroatoms. The molecule has 0 spiro atoms. The molecule has 1 aromatic heterocycles. The van der Waals surface area contributed by atoms with Crippen molar-refractivity contribution in [3.63, 3.8) is 0 Å². The van der Waals surface area contributed by atoms with E-state index in [1.165, 1.54) is 13.2 Å². The van der Waals surface area contributed by atoms with E-state index >= 15 is 0 Å². The molecule has 28 heavy (non-hydrogen) atoms. The molecule has 1 aliphatic rings. The van der Waals surface area contributed by atoms with Gasteiger partial charge in [0, 0.05) is 36.1 Å². The number of methoxy groups -OCH3 is 1. The number of carboxylic acids is 1.